The van der Waals surface area contributed by atoms with Crippen molar-refractivity contribution in [1.29, 1.82) is 0 Å². The second kappa shape index (κ2) is 4.48. The van der Waals surface area contributed by atoms with E-state index in [4.69, 9.17) is 0 Å². The number of aromatic amines is 1. The van der Waals surface area contributed by atoms with Gasteiger partial charge < -0.3 is 4.90 Å². The molecule has 0 radical (unpaired) electrons. The van der Waals surface area contributed by atoms with E-state index in [2.05, 4.69) is 15.2 Å². The molecule has 0 spiro atoms. The summed E-state index contributed by atoms with van der Waals surface area (Å²) < 4.78 is 1.84. The van der Waals surface area contributed by atoms with Crippen LogP contribution in [-0.4, -0.2) is 33.7 Å². The summed E-state index contributed by atoms with van der Waals surface area (Å²) in [6.45, 7) is 1.86. The number of aromatic nitrogens is 4. The lowest BCUT2D eigenvalue weighted by Crippen LogP contribution is -2.10. The minimum absolute atomic E-state index is 0.170. The molecule has 1 N–H and O–H groups in total. The summed E-state index contributed by atoms with van der Waals surface area (Å²) in [6, 6.07) is 9.58. The van der Waals surface area contributed by atoms with Crippen molar-refractivity contribution < 1.29 is 0 Å². The molecule has 0 unspecified atom stereocenters. The summed E-state index contributed by atoms with van der Waals surface area (Å²) in [7, 11) is 3.99. The van der Waals surface area contributed by atoms with Crippen LogP contribution < -0.4 is 10.5 Å². The van der Waals surface area contributed by atoms with E-state index in [1.165, 1.54) is 6.07 Å². The molecule has 3 aromatic rings. The first-order valence-electron chi connectivity index (χ1n) is 6.29. The van der Waals surface area contributed by atoms with Crippen molar-refractivity contribution in [2.45, 2.75) is 6.92 Å². The monoisotopic (exact) mass is 269 g/mol. The van der Waals surface area contributed by atoms with Gasteiger partial charge in [-0.3, -0.25) is 14.2 Å². The molecule has 0 saturated carbocycles. The molecule has 6 nitrogen and oxygen atoms in total. The maximum Gasteiger partial charge on any atom is 0.252 e. The fourth-order valence-corrected chi connectivity index (χ4v) is 2.20. The average Bonchev–Trinajstić information content (AvgIpc) is 2.82. The number of fused-ring (bicyclic) bond motifs is 1. The number of anilines is 1. The molecule has 0 aliphatic heterocycles. The van der Waals surface area contributed by atoms with E-state index < -0.39 is 0 Å². The zero-order chi connectivity index (χ0) is 14.3. The Morgan fingerprint density at radius 3 is 2.50 bits per heavy atom. The fourth-order valence-electron chi connectivity index (χ4n) is 2.20. The van der Waals surface area contributed by atoms with Gasteiger partial charge in [-0.2, -0.15) is 0 Å². The number of hydrogen-bond donors (Lipinski definition) is 1. The van der Waals surface area contributed by atoms with Gasteiger partial charge in [-0.1, -0.05) is 0 Å². The molecule has 0 atom stereocenters. The van der Waals surface area contributed by atoms with Crippen LogP contribution in [0.1, 0.15) is 5.69 Å². The molecule has 0 aliphatic rings. The Morgan fingerprint density at radius 1 is 1.15 bits per heavy atom. The number of nitrogens with one attached hydrogen (secondary N) is 1. The summed E-state index contributed by atoms with van der Waals surface area (Å²) in [6.07, 6.45) is 0. The molecule has 0 fully saturated rings. The van der Waals surface area contributed by atoms with Crippen molar-refractivity contribution in [3.8, 4) is 11.4 Å². The van der Waals surface area contributed by atoms with E-state index in [9.17, 15) is 4.79 Å². The first kappa shape index (κ1) is 12.4. The second-order valence-electron chi connectivity index (χ2n) is 4.90. The molecule has 6 heteroatoms. The Hall–Kier alpha value is -2.63. The normalized spacial score (nSPS) is 10.9. The first-order valence-corrected chi connectivity index (χ1v) is 6.29. The molecule has 0 aliphatic carbocycles. The molecule has 3 rings (SSSR count). The van der Waals surface area contributed by atoms with Crippen LogP contribution in [0, 0.1) is 6.92 Å². The van der Waals surface area contributed by atoms with Gasteiger partial charge >= 0.3 is 0 Å². The molecule has 1 aromatic carbocycles. The molecule has 0 amide bonds. The lowest BCUT2D eigenvalue weighted by molar-refractivity contribution is 1.02. The van der Waals surface area contributed by atoms with Crippen molar-refractivity contribution in [2.75, 3.05) is 19.0 Å². The van der Waals surface area contributed by atoms with Crippen molar-refractivity contribution in [3.05, 3.63) is 46.4 Å². The Balaban J connectivity index is 2.17. The largest absolute Gasteiger partial charge is 0.378 e. The maximum absolute atomic E-state index is 11.4. The minimum atomic E-state index is -0.170. The van der Waals surface area contributed by atoms with Crippen LogP contribution in [-0.2, 0) is 0 Å². The van der Waals surface area contributed by atoms with Gasteiger partial charge in [0.05, 0.1) is 0 Å². The summed E-state index contributed by atoms with van der Waals surface area (Å²) >= 11 is 0. The number of aryl methyl sites for hydroxylation is 1. The van der Waals surface area contributed by atoms with E-state index in [-0.39, 0.29) is 5.56 Å². The molecule has 2 heterocycles. The lowest BCUT2D eigenvalue weighted by Gasteiger charge is -2.12. The van der Waals surface area contributed by atoms with E-state index in [1.54, 1.807) is 0 Å². The van der Waals surface area contributed by atoms with Crippen LogP contribution in [0.15, 0.2) is 35.1 Å². The number of rotatable bonds is 2. The number of nitrogens with zero attached hydrogens (tertiary/aromatic N) is 4. The third-order valence-electron chi connectivity index (χ3n) is 3.23. The molecule has 20 heavy (non-hydrogen) atoms. The Labute approximate surface area is 115 Å². The smallest absolute Gasteiger partial charge is 0.252 e. The molecular formula is C14H15N5O. The quantitative estimate of drug-likeness (QED) is 0.765. The second-order valence-corrected chi connectivity index (χ2v) is 4.90. The predicted molar refractivity (Wildman–Crippen MR) is 78.1 cm³/mol. The Bertz CT molecular complexity index is 814. The van der Waals surface area contributed by atoms with Gasteiger partial charge in [0.2, 0.25) is 5.78 Å². The highest BCUT2D eigenvalue weighted by Gasteiger charge is 2.11. The summed E-state index contributed by atoms with van der Waals surface area (Å²) in [5.41, 5.74) is 2.71. The highest BCUT2D eigenvalue weighted by molar-refractivity contribution is 5.62. The standard InChI is InChI=1S/C14H15N5O/c1-9-8-12(20)15-14-17-16-13(19(9)14)10-4-6-11(7-5-10)18(2)3/h4-8H,1-3H3,(H,15,17,20). The zero-order valence-corrected chi connectivity index (χ0v) is 11.6. The molecule has 2 aromatic heterocycles. The number of benzene rings is 1. The summed E-state index contributed by atoms with van der Waals surface area (Å²) in [5, 5.41) is 8.19. The van der Waals surface area contributed by atoms with Crippen LogP contribution in [0.4, 0.5) is 5.69 Å². The van der Waals surface area contributed by atoms with Crippen LogP contribution in [0.2, 0.25) is 0 Å². The van der Waals surface area contributed by atoms with Gasteiger partial charge in [-0.25, -0.2) is 0 Å². The van der Waals surface area contributed by atoms with Crippen molar-refractivity contribution in [3.63, 3.8) is 0 Å². The van der Waals surface area contributed by atoms with Crippen LogP contribution in [0.25, 0.3) is 17.2 Å². The zero-order valence-electron chi connectivity index (χ0n) is 11.6. The van der Waals surface area contributed by atoms with Crippen LogP contribution >= 0.6 is 0 Å². The fraction of sp³-hybridized carbons (Fsp3) is 0.214. The van der Waals surface area contributed by atoms with Gasteiger partial charge in [0.1, 0.15) is 0 Å². The third-order valence-corrected chi connectivity index (χ3v) is 3.23. The van der Waals surface area contributed by atoms with Gasteiger partial charge in [0, 0.05) is 37.1 Å². The van der Waals surface area contributed by atoms with E-state index in [1.807, 2.05) is 54.6 Å². The molecule has 0 bridgehead atoms. The topological polar surface area (TPSA) is 66.3 Å². The molecule has 0 saturated heterocycles. The van der Waals surface area contributed by atoms with Gasteiger partial charge in [-0.05, 0) is 31.2 Å². The average molecular weight is 269 g/mol. The Kier molecular flexibility index (Phi) is 2.78. The van der Waals surface area contributed by atoms with E-state index in [0.717, 1.165) is 22.8 Å². The first-order chi connectivity index (χ1) is 9.56. The minimum Gasteiger partial charge on any atom is -0.378 e. The number of H-pyrrole nitrogens is 1. The third kappa shape index (κ3) is 1.95. The summed E-state index contributed by atoms with van der Waals surface area (Å²) in [5.74, 6) is 1.18. The van der Waals surface area contributed by atoms with E-state index >= 15 is 0 Å². The van der Waals surface area contributed by atoms with Crippen LogP contribution in [0.3, 0.4) is 0 Å². The Morgan fingerprint density at radius 2 is 1.85 bits per heavy atom. The maximum atomic E-state index is 11.4. The number of hydrogen-bond acceptors (Lipinski definition) is 4. The lowest BCUT2D eigenvalue weighted by atomic mass is 10.2. The highest BCUT2D eigenvalue weighted by atomic mass is 16.1. The molecular weight excluding hydrogens is 254 g/mol. The predicted octanol–water partition coefficient (Wildman–Crippen LogP) is 1.46. The van der Waals surface area contributed by atoms with E-state index in [0.29, 0.717) is 5.78 Å². The van der Waals surface area contributed by atoms with Crippen molar-refractivity contribution in [2.24, 2.45) is 0 Å². The summed E-state index contributed by atoms with van der Waals surface area (Å²) in [4.78, 5) is 16.1. The van der Waals surface area contributed by atoms with Crippen LogP contribution in [0.5, 0.6) is 0 Å². The van der Waals surface area contributed by atoms with Crippen molar-refractivity contribution in [1.82, 2.24) is 19.6 Å². The van der Waals surface area contributed by atoms with Gasteiger partial charge in [0.15, 0.2) is 5.82 Å². The van der Waals surface area contributed by atoms with Gasteiger partial charge in [0.25, 0.3) is 5.56 Å². The highest BCUT2D eigenvalue weighted by Crippen LogP contribution is 2.21. The molecule has 102 valence electrons. The van der Waals surface area contributed by atoms with Crippen molar-refractivity contribution >= 4 is 11.5 Å². The van der Waals surface area contributed by atoms with Gasteiger partial charge in [-0.15, -0.1) is 10.2 Å². The SMILES string of the molecule is Cc1cc(=O)[nH]c2nnc(-c3ccc(N(C)C)cc3)n12.